The van der Waals surface area contributed by atoms with E-state index in [0.717, 1.165) is 27.9 Å². The van der Waals surface area contributed by atoms with E-state index in [4.69, 9.17) is 31.2 Å². The van der Waals surface area contributed by atoms with Gasteiger partial charge in [0.05, 0.1) is 18.6 Å². The Hall–Kier alpha value is -4.02. The Morgan fingerprint density at radius 1 is 1.08 bits per heavy atom. The number of rotatable bonds is 8. The molecule has 0 spiro atoms. The number of carbonyl (C=O) groups is 2. The number of anilines is 1. The van der Waals surface area contributed by atoms with Crippen molar-refractivity contribution in [1.29, 1.82) is 0 Å². The molecule has 0 saturated carbocycles. The average molecular weight is 563 g/mol. The van der Waals surface area contributed by atoms with Crippen LogP contribution in [0.4, 0.5) is 5.69 Å². The molecule has 1 saturated heterocycles. The highest BCUT2D eigenvalue weighted by Gasteiger charge is 2.32. The van der Waals surface area contributed by atoms with Gasteiger partial charge in [-0.3, -0.25) is 14.5 Å². The van der Waals surface area contributed by atoms with Crippen molar-refractivity contribution >= 4 is 51.9 Å². The molecule has 2 amide bonds. The fourth-order valence-corrected chi connectivity index (χ4v) is 5.44. The first-order chi connectivity index (χ1) is 18.8. The second kappa shape index (κ2) is 11.4. The lowest BCUT2D eigenvalue weighted by Crippen LogP contribution is -2.27. The summed E-state index contributed by atoms with van der Waals surface area (Å²) in [6, 6.07) is 16.6. The number of aryl methyl sites for hydroxylation is 2. The third-order valence-electron chi connectivity index (χ3n) is 6.15. The van der Waals surface area contributed by atoms with Crippen molar-refractivity contribution in [3.05, 3.63) is 81.8 Å². The maximum atomic E-state index is 13.1. The molecule has 39 heavy (non-hydrogen) atoms. The minimum Gasteiger partial charge on any atom is -0.493 e. The summed E-state index contributed by atoms with van der Waals surface area (Å²) in [6.07, 6.45) is 1.76. The van der Waals surface area contributed by atoms with E-state index in [1.54, 1.807) is 29.2 Å². The molecule has 0 bridgehead atoms. The number of methoxy groups -OCH3 is 1. The standard InChI is InChI=1S/C29H26N2O6S2/c1-17-4-7-21(18(2)10-17)30-27(32)15-35-22-8-5-19(11-24(22)34-3)13-26-28(33)31(29(38)39-26)14-20-6-9-23-25(12-20)37-16-36-23/h4-13H,14-16H2,1-3H3,(H,30,32)/b26-13-. The van der Waals surface area contributed by atoms with Gasteiger partial charge in [-0.15, -0.1) is 0 Å². The van der Waals surface area contributed by atoms with Gasteiger partial charge in [-0.25, -0.2) is 0 Å². The lowest BCUT2D eigenvalue weighted by atomic mass is 10.1. The monoisotopic (exact) mass is 562 g/mol. The zero-order valence-electron chi connectivity index (χ0n) is 21.6. The van der Waals surface area contributed by atoms with E-state index >= 15 is 0 Å². The maximum Gasteiger partial charge on any atom is 0.266 e. The van der Waals surface area contributed by atoms with Crippen molar-refractivity contribution in [2.45, 2.75) is 20.4 Å². The summed E-state index contributed by atoms with van der Waals surface area (Å²) >= 11 is 6.73. The quantitative estimate of drug-likeness (QED) is 0.286. The lowest BCUT2D eigenvalue weighted by Gasteiger charge is -2.14. The number of thioether (sulfide) groups is 1. The van der Waals surface area contributed by atoms with Crippen LogP contribution in [0.2, 0.25) is 0 Å². The first-order valence-electron chi connectivity index (χ1n) is 12.1. The SMILES string of the molecule is COc1cc(/C=C2\SC(=S)N(Cc3ccc4c(c3)OCO4)C2=O)ccc1OCC(=O)Nc1ccc(C)cc1C. The highest BCUT2D eigenvalue weighted by molar-refractivity contribution is 8.26. The van der Waals surface area contributed by atoms with Gasteiger partial charge in [0.25, 0.3) is 11.8 Å². The fourth-order valence-electron chi connectivity index (χ4n) is 4.19. The molecule has 2 aliphatic heterocycles. The number of carbonyl (C=O) groups excluding carboxylic acids is 2. The Morgan fingerprint density at radius 3 is 2.69 bits per heavy atom. The Bertz CT molecular complexity index is 1500. The third-order valence-corrected chi connectivity index (χ3v) is 7.53. The Labute approximate surface area is 235 Å². The molecule has 2 aliphatic rings. The van der Waals surface area contributed by atoms with E-state index in [2.05, 4.69) is 5.32 Å². The molecule has 10 heteroatoms. The normalized spacial score (nSPS) is 15.2. The molecule has 1 fully saturated rings. The van der Waals surface area contributed by atoms with Gasteiger partial charge in [0.1, 0.15) is 4.32 Å². The average Bonchev–Trinajstić information content (AvgIpc) is 3.49. The highest BCUT2D eigenvalue weighted by Crippen LogP contribution is 2.37. The topological polar surface area (TPSA) is 86.3 Å². The van der Waals surface area contributed by atoms with Crippen molar-refractivity contribution in [2.24, 2.45) is 0 Å². The molecule has 0 aromatic heterocycles. The number of hydrogen-bond acceptors (Lipinski definition) is 8. The van der Waals surface area contributed by atoms with Gasteiger partial charge in [-0.1, -0.05) is 53.8 Å². The molecule has 0 aliphatic carbocycles. The molecule has 200 valence electrons. The van der Waals surface area contributed by atoms with Crippen molar-refractivity contribution in [3.63, 3.8) is 0 Å². The zero-order valence-corrected chi connectivity index (χ0v) is 23.2. The molecular weight excluding hydrogens is 536 g/mol. The second-order valence-corrected chi connectivity index (χ2v) is 10.7. The molecule has 3 aromatic rings. The number of fused-ring (bicyclic) bond motifs is 1. The molecule has 1 N–H and O–H groups in total. The van der Waals surface area contributed by atoms with E-state index in [0.29, 0.717) is 38.8 Å². The number of nitrogens with zero attached hydrogens (tertiary/aromatic N) is 1. The fraction of sp³-hybridized carbons (Fsp3) is 0.207. The van der Waals surface area contributed by atoms with Crippen LogP contribution in [0.25, 0.3) is 6.08 Å². The van der Waals surface area contributed by atoms with Gasteiger partial charge >= 0.3 is 0 Å². The van der Waals surface area contributed by atoms with Gasteiger partial charge < -0.3 is 24.3 Å². The highest BCUT2D eigenvalue weighted by atomic mass is 32.2. The summed E-state index contributed by atoms with van der Waals surface area (Å²) in [6.45, 7) is 4.29. The molecule has 3 aromatic carbocycles. The van der Waals surface area contributed by atoms with Gasteiger partial charge in [-0.05, 0) is 66.9 Å². The van der Waals surface area contributed by atoms with Crippen LogP contribution in [0.5, 0.6) is 23.0 Å². The molecular formula is C29H26N2O6S2. The summed E-state index contributed by atoms with van der Waals surface area (Å²) in [7, 11) is 1.52. The Morgan fingerprint density at radius 2 is 1.90 bits per heavy atom. The van der Waals surface area contributed by atoms with Gasteiger partial charge in [0, 0.05) is 5.69 Å². The summed E-state index contributed by atoms with van der Waals surface area (Å²) < 4.78 is 22.5. The van der Waals surface area contributed by atoms with Crippen LogP contribution >= 0.6 is 24.0 Å². The number of ether oxygens (including phenoxy) is 4. The van der Waals surface area contributed by atoms with Gasteiger partial charge in [0.2, 0.25) is 6.79 Å². The predicted molar refractivity (Wildman–Crippen MR) is 154 cm³/mol. The summed E-state index contributed by atoms with van der Waals surface area (Å²) in [5.41, 5.74) is 4.47. The maximum absolute atomic E-state index is 13.1. The summed E-state index contributed by atoms with van der Waals surface area (Å²) in [5, 5.41) is 2.86. The van der Waals surface area contributed by atoms with Crippen LogP contribution < -0.4 is 24.3 Å². The first-order valence-corrected chi connectivity index (χ1v) is 13.3. The number of hydrogen-bond donors (Lipinski definition) is 1. The van der Waals surface area contributed by atoms with E-state index in [-0.39, 0.29) is 25.2 Å². The molecule has 2 heterocycles. The Kier molecular flexibility index (Phi) is 7.76. The minimum absolute atomic E-state index is 0.176. The molecule has 0 unspecified atom stereocenters. The lowest BCUT2D eigenvalue weighted by molar-refractivity contribution is -0.122. The number of thiocarbonyl (C=S) groups is 1. The molecule has 5 rings (SSSR count). The summed E-state index contributed by atoms with van der Waals surface area (Å²) in [5.74, 6) is 1.75. The molecule has 0 atom stereocenters. The van der Waals surface area contributed by atoms with Gasteiger partial charge in [0.15, 0.2) is 29.6 Å². The number of amides is 2. The van der Waals surface area contributed by atoms with Crippen LogP contribution in [0.1, 0.15) is 22.3 Å². The van der Waals surface area contributed by atoms with Crippen LogP contribution in [0.3, 0.4) is 0 Å². The van der Waals surface area contributed by atoms with E-state index in [9.17, 15) is 9.59 Å². The largest absolute Gasteiger partial charge is 0.493 e. The van der Waals surface area contributed by atoms with E-state index < -0.39 is 0 Å². The van der Waals surface area contributed by atoms with Crippen LogP contribution in [-0.2, 0) is 16.1 Å². The zero-order chi connectivity index (χ0) is 27.5. The Balaban J connectivity index is 1.23. The minimum atomic E-state index is -0.279. The van der Waals surface area contributed by atoms with Crippen LogP contribution in [-0.4, -0.2) is 41.5 Å². The smallest absolute Gasteiger partial charge is 0.266 e. The van der Waals surface area contributed by atoms with Crippen molar-refractivity contribution in [2.75, 3.05) is 25.8 Å². The van der Waals surface area contributed by atoms with Crippen molar-refractivity contribution in [1.82, 2.24) is 4.90 Å². The first kappa shape index (κ1) is 26.6. The van der Waals surface area contributed by atoms with E-state index in [1.807, 2.05) is 50.2 Å². The third kappa shape index (κ3) is 6.02. The number of nitrogens with one attached hydrogen (secondary N) is 1. The number of benzene rings is 3. The molecule has 0 radical (unpaired) electrons. The molecule has 8 nitrogen and oxygen atoms in total. The van der Waals surface area contributed by atoms with Crippen molar-refractivity contribution in [3.8, 4) is 23.0 Å². The van der Waals surface area contributed by atoms with Gasteiger partial charge in [-0.2, -0.15) is 0 Å². The van der Waals surface area contributed by atoms with E-state index in [1.165, 1.54) is 18.9 Å². The predicted octanol–water partition coefficient (Wildman–Crippen LogP) is 5.46. The second-order valence-electron chi connectivity index (χ2n) is 9.02. The van der Waals surface area contributed by atoms with Crippen LogP contribution in [0.15, 0.2) is 59.5 Å². The van der Waals surface area contributed by atoms with Crippen molar-refractivity contribution < 1.29 is 28.5 Å². The van der Waals surface area contributed by atoms with Crippen LogP contribution in [0, 0.1) is 13.8 Å². The summed E-state index contributed by atoms with van der Waals surface area (Å²) in [4.78, 5) is 27.7.